The Hall–Kier alpha value is -2.48. The van der Waals surface area contributed by atoms with Crippen LogP contribution in [-0.2, 0) is 6.42 Å². The Morgan fingerprint density at radius 3 is 1.88 bits per heavy atom. The zero-order valence-corrected chi connectivity index (χ0v) is 16.6. The van der Waals surface area contributed by atoms with Crippen LogP contribution in [0, 0.1) is 0 Å². The largest absolute Gasteiger partial charge is 0.372 e. The van der Waals surface area contributed by atoms with Gasteiger partial charge in [-0.2, -0.15) is 0 Å². The van der Waals surface area contributed by atoms with Gasteiger partial charge in [-0.15, -0.1) is 0 Å². The minimum absolute atomic E-state index is 0.816. The van der Waals surface area contributed by atoms with E-state index in [0.29, 0.717) is 0 Å². The number of hydrogen-bond donors (Lipinski definition) is 2. The minimum Gasteiger partial charge on any atom is -0.372 e. The van der Waals surface area contributed by atoms with Gasteiger partial charge in [-0.1, -0.05) is 67.3 Å². The average Bonchev–Trinajstić information content (AvgIpc) is 2.59. The SMILES string of the molecule is C=C(NCCCC(=C)C(=C)C)Nc1ccc(CCCC(=C)C(=C)C)cc1. The summed E-state index contributed by atoms with van der Waals surface area (Å²) < 4.78 is 0. The van der Waals surface area contributed by atoms with Gasteiger partial charge in [0.05, 0.1) is 5.82 Å². The van der Waals surface area contributed by atoms with E-state index in [4.69, 9.17) is 0 Å². The molecule has 0 atom stereocenters. The van der Waals surface area contributed by atoms with Gasteiger partial charge in [-0.25, -0.2) is 0 Å². The van der Waals surface area contributed by atoms with E-state index in [-0.39, 0.29) is 0 Å². The summed E-state index contributed by atoms with van der Waals surface area (Å²) in [5, 5.41) is 6.60. The van der Waals surface area contributed by atoms with Crippen LogP contribution in [0.25, 0.3) is 0 Å². The molecule has 140 valence electrons. The zero-order valence-electron chi connectivity index (χ0n) is 16.6. The lowest BCUT2D eigenvalue weighted by molar-refractivity contribution is 0.728. The van der Waals surface area contributed by atoms with Crippen LogP contribution in [0.1, 0.15) is 45.1 Å². The normalized spacial score (nSPS) is 10.1. The molecule has 0 heterocycles. The summed E-state index contributed by atoms with van der Waals surface area (Å²) in [5.41, 5.74) is 6.79. The molecule has 1 rings (SSSR count). The Balaban J connectivity index is 2.29. The van der Waals surface area contributed by atoms with Gasteiger partial charge >= 0.3 is 0 Å². The van der Waals surface area contributed by atoms with Gasteiger partial charge in [-0.3, -0.25) is 0 Å². The third kappa shape index (κ3) is 8.57. The van der Waals surface area contributed by atoms with Gasteiger partial charge in [0, 0.05) is 12.2 Å². The van der Waals surface area contributed by atoms with Gasteiger partial charge < -0.3 is 10.6 Å². The van der Waals surface area contributed by atoms with Crippen molar-refractivity contribution in [1.29, 1.82) is 0 Å². The average molecular weight is 351 g/mol. The highest BCUT2D eigenvalue weighted by Gasteiger charge is 2.00. The highest BCUT2D eigenvalue weighted by molar-refractivity contribution is 5.48. The molecule has 1 aromatic carbocycles. The van der Waals surface area contributed by atoms with E-state index in [1.807, 2.05) is 13.8 Å². The summed E-state index contributed by atoms with van der Waals surface area (Å²) in [4.78, 5) is 0. The Kier molecular flexibility index (Phi) is 9.29. The van der Waals surface area contributed by atoms with Crippen LogP contribution in [0.3, 0.4) is 0 Å². The fourth-order valence-electron chi connectivity index (χ4n) is 2.45. The standard InChI is InChI=1S/C24H34N2/c1-18(2)20(5)10-8-12-23-13-15-24(16-14-23)26-22(7)25-17-9-11-21(6)19(3)4/h13-16,25-26H,1,3,5-12,17H2,2,4H3. The molecule has 2 heteroatoms. The molecule has 0 amide bonds. The highest BCUT2D eigenvalue weighted by atomic mass is 15.1. The van der Waals surface area contributed by atoms with E-state index in [1.54, 1.807) is 0 Å². The van der Waals surface area contributed by atoms with Crippen molar-refractivity contribution in [1.82, 2.24) is 5.32 Å². The lowest BCUT2D eigenvalue weighted by Gasteiger charge is -2.13. The van der Waals surface area contributed by atoms with Crippen molar-refractivity contribution < 1.29 is 0 Å². The van der Waals surface area contributed by atoms with E-state index in [2.05, 4.69) is 67.8 Å². The Labute approximate surface area is 160 Å². The van der Waals surface area contributed by atoms with Crippen LogP contribution in [0.5, 0.6) is 0 Å². The summed E-state index contributed by atoms with van der Waals surface area (Å²) in [5.74, 6) is 0.816. The summed E-state index contributed by atoms with van der Waals surface area (Å²) in [6.07, 6.45) is 5.14. The maximum Gasteiger partial charge on any atom is 0.0957 e. The van der Waals surface area contributed by atoms with Gasteiger partial charge in [0.1, 0.15) is 0 Å². The smallest absolute Gasteiger partial charge is 0.0957 e. The lowest BCUT2D eigenvalue weighted by atomic mass is 10.0. The zero-order chi connectivity index (χ0) is 19.5. The molecule has 0 fully saturated rings. The Morgan fingerprint density at radius 1 is 0.808 bits per heavy atom. The first-order valence-corrected chi connectivity index (χ1v) is 9.25. The van der Waals surface area contributed by atoms with Crippen molar-refractivity contribution in [3.8, 4) is 0 Å². The number of benzene rings is 1. The molecule has 2 N–H and O–H groups in total. The predicted octanol–water partition coefficient (Wildman–Crippen LogP) is 6.53. The molecule has 0 spiro atoms. The maximum absolute atomic E-state index is 4.05. The van der Waals surface area contributed by atoms with Crippen molar-refractivity contribution in [2.24, 2.45) is 0 Å². The third-order valence-electron chi connectivity index (χ3n) is 4.39. The van der Waals surface area contributed by atoms with Crippen molar-refractivity contribution in [3.05, 3.63) is 90.8 Å². The molecule has 1 aromatic rings. The first-order valence-electron chi connectivity index (χ1n) is 9.25. The van der Waals surface area contributed by atoms with Gasteiger partial charge in [0.25, 0.3) is 0 Å². The van der Waals surface area contributed by atoms with Crippen molar-refractivity contribution in [2.75, 3.05) is 11.9 Å². The predicted molar refractivity (Wildman–Crippen MR) is 117 cm³/mol. The van der Waals surface area contributed by atoms with Crippen LogP contribution in [0.2, 0.25) is 0 Å². The molecule has 2 nitrogen and oxygen atoms in total. The van der Waals surface area contributed by atoms with Crippen LogP contribution in [-0.4, -0.2) is 6.54 Å². The van der Waals surface area contributed by atoms with Gasteiger partial charge in [0.2, 0.25) is 0 Å². The molecule has 0 aliphatic heterocycles. The molecular formula is C24H34N2. The van der Waals surface area contributed by atoms with Crippen LogP contribution < -0.4 is 10.6 Å². The summed E-state index contributed by atoms with van der Waals surface area (Å²) >= 11 is 0. The first kappa shape index (κ1) is 21.6. The second kappa shape index (κ2) is 11.2. The third-order valence-corrected chi connectivity index (χ3v) is 4.39. The number of aryl methyl sites for hydroxylation is 1. The topological polar surface area (TPSA) is 24.1 Å². The molecule has 0 unspecified atom stereocenters. The molecule has 0 saturated heterocycles. The number of nitrogens with one attached hydrogen (secondary N) is 2. The molecule has 26 heavy (non-hydrogen) atoms. The number of allylic oxidation sites excluding steroid dienone is 4. The van der Waals surface area contributed by atoms with Crippen LogP contribution >= 0.6 is 0 Å². The van der Waals surface area contributed by atoms with Crippen molar-refractivity contribution in [3.63, 3.8) is 0 Å². The van der Waals surface area contributed by atoms with Crippen molar-refractivity contribution >= 4 is 5.69 Å². The lowest BCUT2D eigenvalue weighted by Crippen LogP contribution is -2.19. The second-order valence-electron chi connectivity index (χ2n) is 6.95. The molecule has 0 aliphatic carbocycles. The van der Waals surface area contributed by atoms with E-state index in [9.17, 15) is 0 Å². The Bertz CT molecular complexity index is 662. The van der Waals surface area contributed by atoms with Gasteiger partial charge in [-0.05, 0) is 63.6 Å². The molecule has 0 saturated carbocycles. The molecule has 0 aromatic heterocycles. The van der Waals surface area contributed by atoms with E-state index in [0.717, 1.165) is 72.4 Å². The molecule has 0 aliphatic rings. The van der Waals surface area contributed by atoms with Crippen LogP contribution in [0.4, 0.5) is 5.69 Å². The van der Waals surface area contributed by atoms with Gasteiger partial charge in [0.15, 0.2) is 0 Å². The number of hydrogen-bond acceptors (Lipinski definition) is 2. The van der Waals surface area contributed by atoms with Crippen LogP contribution in [0.15, 0.2) is 85.3 Å². The Morgan fingerprint density at radius 2 is 1.35 bits per heavy atom. The highest BCUT2D eigenvalue weighted by Crippen LogP contribution is 2.16. The second-order valence-corrected chi connectivity index (χ2v) is 6.95. The van der Waals surface area contributed by atoms with Crippen molar-refractivity contribution in [2.45, 2.75) is 46.0 Å². The fourth-order valence-corrected chi connectivity index (χ4v) is 2.45. The monoisotopic (exact) mass is 350 g/mol. The first-order chi connectivity index (χ1) is 12.3. The maximum atomic E-state index is 4.05. The number of anilines is 1. The van der Waals surface area contributed by atoms with E-state index < -0.39 is 0 Å². The summed E-state index contributed by atoms with van der Waals surface area (Å²) in [7, 11) is 0. The summed E-state index contributed by atoms with van der Waals surface area (Å²) in [6, 6.07) is 8.52. The van der Waals surface area contributed by atoms with E-state index in [1.165, 1.54) is 5.56 Å². The summed E-state index contributed by atoms with van der Waals surface area (Å²) in [6.45, 7) is 24.8. The quantitative estimate of drug-likeness (QED) is 0.312. The minimum atomic E-state index is 0.816. The molecule has 0 bridgehead atoms. The molecular weight excluding hydrogens is 316 g/mol. The molecule has 0 radical (unpaired) electrons. The fraction of sp³-hybridized carbons (Fsp3) is 0.333. The number of rotatable bonds is 13. The van der Waals surface area contributed by atoms with E-state index >= 15 is 0 Å².